The Balaban J connectivity index is 1.99. The van der Waals surface area contributed by atoms with Crippen molar-refractivity contribution in [3.63, 3.8) is 0 Å². The second kappa shape index (κ2) is 4.73. The maximum absolute atomic E-state index is 5.66. The quantitative estimate of drug-likeness (QED) is 0.654. The van der Waals surface area contributed by atoms with Gasteiger partial charge in [-0.2, -0.15) is 0 Å². The van der Waals surface area contributed by atoms with E-state index in [2.05, 4.69) is 12.2 Å². The van der Waals surface area contributed by atoms with Crippen LogP contribution in [0.1, 0.15) is 32.6 Å². The van der Waals surface area contributed by atoms with E-state index < -0.39 is 0 Å². The molecule has 66 valence electrons. The lowest BCUT2D eigenvalue weighted by Crippen LogP contribution is -2.33. The van der Waals surface area contributed by atoms with E-state index >= 15 is 0 Å². The summed E-state index contributed by atoms with van der Waals surface area (Å²) in [4.78, 5) is 0. The molecule has 0 radical (unpaired) electrons. The van der Waals surface area contributed by atoms with E-state index in [-0.39, 0.29) is 0 Å². The molecule has 0 aliphatic heterocycles. The van der Waals surface area contributed by atoms with Gasteiger partial charge in [-0.15, -0.1) is 0 Å². The van der Waals surface area contributed by atoms with Crippen LogP contribution in [0.4, 0.5) is 0 Å². The molecule has 2 heteroatoms. The molecule has 0 aromatic carbocycles. The number of rotatable bonds is 5. The lowest BCUT2D eigenvalue weighted by molar-refractivity contribution is -0.00797. The minimum Gasteiger partial charge on any atom is -0.377 e. The Labute approximate surface area is 69.3 Å². The fraction of sp³-hybridized carbons (Fsp3) is 1.00. The molecule has 0 heterocycles. The van der Waals surface area contributed by atoms with Gasteiger partial charge in [-0.25, -0.2) is 0 Å². The fourth-order valence-corrected chi connectivity index (χ4v) is 1.20. The molecule has 1 atom stereocenters. The van der Waals surface area contributed by atoms with Crippen molar-refractivity contribution in [2.75, 3.05) is 13.7 Å². The summed E-state index contributed by atoms with van der Waals surface area (Å²) in [7, 11) is 2.00. The summed E-state index contributed by atoms with van der Waals surface area (Å²) in [6.07, 6.45) is 5.65. The largest absolute Gasteiger partial charge is 0.377 e. The van der Waals surface area contributed by atoms with Gasteiger partial charge in [-0.05, 0) is 32.7 Å². The molecule has 11 heavy (non-hydrogen) atoms. The zero-order valence-electron chi connectivity index (χ0n) is 7.60. The van der Waals surface area contributed by atoms with Gasteiger partial charge >= 0.3 is 0 Å². The Morgan fingerprint density at radius 1 is 1.55 bits per heavy atom. The summed E-state index contributed by atoms with van der Waals surface area (Å²) in [5.74, 6) is 0. The number of hydrogen-bond donors (Lipinski definition) is 1. The molecular weight excluding hydrogens is 138 g/mol. The second-order valence-electron chi connectivity index (χ2n) is 3.28. The Kier molecular flexibility index (Phi) is 3.87. The van der Waals surface area contributed by atoms with Crippen LogP contribution in [-0.2, 0) is 4.74 Å². The molecule has 0 spiro atoms. The molecule has 1 N–H and O–H groups in total. The SMILES string of the molecule is CCC(COC1CCC1)NC. The fourth-order valence-electron chi connectivity index (χ4n) is 1.20. The summed E-state index contributed by atoms with van der Waals surface area (Å²) < 4.78 is 5.66. The normalized spacial score (nSPS) is 21.3. The molecule has 1 unspecified atom stereocenters. The summed E-state index contributed by atoms with van der Waals surface area (Å²) in [5.41, 5.74) is 0. The molecule has 0 amide bonds. The third-order valence-electron chi connectivity index (χ3n) is 2.49. The van der Waals surface area contributed by atoms with Gasteiger partial charge in [0, 0.05) is 6.04 Å². The predicted molar refractivity (Wildman–Crippen MR) is 46.7 cm³/mol. The first-order valence-electron chi connectivity index (χ1n) is 4.65. The van der Waals surface area contributed by atoms with E-state index in [1.165, 1.54) is 19.3 Å². The Bertz CT molecular complexity index is 97.7. The molecular formula is C9H19NO. The van der Waals surface area contributed by atoms with Crippen molar-refractivity contribution in [3.05, 3.63) is 0 Å². The van der Waals surface area contributed by atoms with E-state index in [1.54, 1.807) is 0 Å². The standard InChI is InChI=1S/C9H19NO/c1-3-8(10-2)7-11-9-5-4-6-9/h8-10H,3-7H2,1-2H3. The van der Waals surface area contributed by atoms with Gasteiger partial charge in [0.05, 0.1) is 12.7 Å². The number of ether oxygens (including phenoxy) is 1. The van der Waals surface area contributed by atoms with E-state index in [0.29, 0.717) is 12.1 Å². The number of likely N-dealkylation sites (N-methyl/N-ethyl adjacent to an activating group) is 1. The van der Waals surface area contributed by atoms with Gasteiger partial charge in [0.2, 0.25) is 0 Å². The lowest BCUT2D eigenvalue weighted by Gasteiger charge is -2.27. The minimum absolute atomic E-state index is 0.551. The highest BCUT2D eigenvalue weighted by atomic mass is 16.5. The van der Waals surface area contributed by atoms with Crippen LogP contribution in [-0.4, -0.2) is 25.8 Å². The third-order valence-corrected chi connectivity index (χ3v) is 2.49. The lowest BCUT2D eigenvalue weighted by atomic mass is 9.96. The second-order valence-corrected chi connectivity index (χ2v) is 3.28. The van der Waals surface area contributed by atoms with Crippen LogP contribution in [0.15, 0.2) is 0 Å². The highest BCUT2D eigenvalue weighted by Crippen LogP contribution is 2.21. The van der Waals surface area contributed by atoms with Crippen molar-refractivity contribution in [1.29, 1.82) is 0 Å². The highest BCUT2D eigenvalue weighted by Gasteiger charge is 2.18. The van der Waals surface area contributed by atoms with Crippen LogP contribution in [0.5, 0.6) is 0 Å². The molecule has 0 bridgehead atoms. The summed E-state index contributed by atoms with van der Waals surface area (Å²) in [5, 5.41) is 3.23. The molecule has 1 aliphatic rings. The Morgan fingerprint density at radius 2 is 2.27 bits per heavy atom. The number of hydrogen-bond acceptors (Lipinski definition) is 2. The highest BCUT2D eigenvalue weighted by molar-refractivity contribution is 4.71. The van der Waals surface area contributed by atoms with Gasteiger partial charge < -0.3 is 10.1 Å². The van der Waals surface area contributed by atoms with Crippen LogP contribution in [0, 0.1) is 0 Å². The van der Waals surface area contributed by atoms with Crippen molar-refractivity contribution < 1.29 is 4.74 Å². The van der Waals surface area contributed by atoms with Gasteiger partial charge in [0.25, 0.3) is 0 Å². The van der Waals surface area contributed by atoms with Gasteiger partial charge in [0.15, 0.2) is 0 Å². The maximum Gasteiger partial charge on any atom is 0.0623 e. The maximum atomic E-state index is 5.66. The van der Waals surface area contributed by atoms with Crippen molar-refractivity contribution in [2.24, 2.45) is 0 Å². The van der Waals surface area contributed by atoms with Crippen molar-refractivity contribution in [2.45, 2.75) is 44.8 Å². The monoisotopic (exact) mass is 157 g/mol. The Morgan fingerprint density at radius 3 is 2.64 bits per heavy atom. The van der Waals surface area contributed by atoms with Gasteiger partial charge in [-0.3, -0.25) is 0 Å². The molecule has 2 nitrogen and oxygen atoms in total. The topological polar surface area (TPSA) is 21.3 Å². The zero-order chi connectivity index (χ0) is 8.10. The van der Waals surface area contributed by atoms with Gasteiger partial charge in [-0.1, -0.05) is 6.92 Å². The predicted octanol–water partition coefficient (Wildman–Crippen LogP) is 1.55. The number of nitrogens with one attached hydrogen (secondary N) is 1. The molecule has 1 rings (SSSR count). The first-order chi connectivity index (χ1) is 5.36. The minimum atomic E-state index is 0.551. The molecule has 1 aliphatic carbocycles. The van der Waals surface area contributed by atoms with Crippen LogP contribution in [0.25, 0.3) is 0 Å². The van der Waals surface area contributed by atoms with Crippen LogP contribution < -0.4 is 5.32 Å². The van der Waals surface area contributed by atoms with Crippen molar-refractivity contribution in [3.8, 4) is 0 Å². The molecule has 0 saturated heterocycles. The smallest absolute Gasteiger partial charge is 0.0623 e. The van der Waals surface area contributed by atoms with Crippen LogP contribution in [0.3, 0.4) is 0 Å². The van der Waals surface area contributed by atoms with E-state index in [1.807, 2.05) is 7.05 Å². The van der Waals surface area contributed by atoms with Crippen molar-refractivity contribution >= 4 is 0 Å². The summed E-state index contributed by atoms with van der Waals surface area (Å²) in [6, 6.07) is 0.551. The zero-order valence-corrected chi connectivity index (χ0v) is 7.60. The molecule has 0 aromatic rings. The van der Waals surface area contributed by atoms with Crippen molar-refractivity contribution in [1.82, 2.24) is 5.32 Å². The third kappa shape index (κ3) is 2.80. The average molecular weight is 157 g/mol. The van der Waals surface area contributed by atoms with Gasteiger partial charge in [0.1, 0.15) is 0 Å². The average Bonchev–Trinajstić information content (AvgIpc) is 1.95. The van der Waals surface area contributed by atoms with E-state index in [4.69, 9.17) is 4.74 Å². The molecule has 0 aromatic heterocycles. The first-order valence-corrected chi connectivity index (χ1v) is 4.65. The summed E-state index contributed by atoms with van der Waals surface area (Å²) in [6.45, 7) is 3.07. The van der Waals surface area contributed by atoms with Crippen LogP contribution in [0.2, 0.25) is 0 Å². The van der Waals surface area contributed by atoms with E-state index in [9.17, 15) is 0 Å². The van der Waals surface area contributed by atoms with E-state index in [0.717, 1.165) is 13.0 Å². The van der Waals surface area contributed by atoms with Crippen LogP contribution >= 0.6 is 0 Å². The Hall–Kier alpha value is -0.0800. The molecule has 1 fully saturated rings. The first kappa shape index (κ1) is 9.01. The molecule has 1 saturated carbocycles. The summed E-state index contributed by atoms with van der Waals surface area (Å²) >= 11 is 0.